The van der Waals surface area contributed by atoms with Crippen molar-refractivity contribution < 1.29 is 14.9 Å². The molecule has 0 heterocycles. The van der Waals surface area contributed by atoms with Crippen LogP contribution in [0.2, 0.25) is 0 Å². The van der Waals surface area contributed by atoms with Crippen molar-refractivity contribution in [3.05, 3.63) is 29.3 Å². The first-order valence-corrected chi connectivity index (χ1v) is 7.24. The van der Waals surface area contributed by atoms with Gasteiger partial charge in [-0.3, -0.25) is 0 Å². The second-order valence-corrected chi connectivity index (χ2v) is 5.45. The lowest BCUT2D eigenvalue weighted by Crippen LogP contribution is -2.34. The predicted molar refractivity (Wildman–Crippen MR) is 75.4 cm³/mol. The molecule has 0 amide bonds. The first kappa shape index (κ1) is 14.4. The monoisotopic (exact) mass is 264 g/mol. The Kier molecular flexibility index (Phi) is 4.48. The van der Waals surface area contributed by atoms with Crippen LogP contribution in [-0.4, -0.2) is 22.4 Å². The smallest absolute Gasteiger partial charge is 0.123 e. The van der Waals surface area contributed by atoms with Crippen LogP contribution in [0.4, 0.5) is 0 Å². The van der Waals surface area contributed by atoms with E-state index in [0.717, 1.165) is 36.1 Å². The summed E-state index contributed by atoms with van der Waals surface area (Å²) >= 11 is 0. The molecule has 0 saturated carbocycles. The lowest BCUT2D eigenvalue weighted by molar-refractivity contribution is -0.0117. The minimum absolute atomic E-state index is 0.312. The summed E-state index contributed by atoms with van der Waals surface area (Å²) in [5, 5.41) is 20.3. The molecule has 0 fully saturated rings. The van der Waals surface area contributed by atoms with E-state index in [1.54, 1.807) is 0 Å². The van der Waals surface area contributed by atoms with Gasteiger partial charge in [-0.15, -0.1) is 0 Å². The van der Waals surface area contributed by atoms with Crippen LogP contribution in [0.3, 0.4) is 0 Å². The molecule has 1 aliphatic carbocycles. The molecule has 106 valence electrons. The second-order valence-electron chi connectivity index (χ2n) is 5.45. The lowest BCUT2D eigenvalue weighted by atomic mass is 9.89. The molecule has 0 aliphatic heterocycles. The summed E-state index contributed by atoms with van der Waals surface area (Å²) in [6, 6.07) is 5.82. The number of hydrogen-bond acceptors (Lipinski definition) is 3. The Balaban J connectivity index is 2.15. The number of rotatable bonds is 5. The zero-order valence-electron chi connectivity index (χ0n) is 11.9. The topological polar surface area (TPSA) is 49.7 Å². The van der Waals surface area contributed by atoms with Gasteiger partial charge < -0.3 is 14.9 Å². The average molecular weight is 264 g/mol. The van der Waals surface area contributed by atoms with Gasteiger partial charge in [-0.2, -0.15) is 0 Å². The van der Waals surface area contributed by atoms with Crippen molar-refractivity contribution in [2.75, 3.05) is 6.61 Å². The van der Waals surface area contributed by atoms with Crippen molar-refractivity contribution in [1.82, 2.24) is 0 Å². The number of hydrogen-bond donors (Lipinski definition) is 2. The molecule has 1 aliphatic rings. The highest BCUT2D eigenvalue weighted by Gasteiger charge is 2.25. The quantitative estimate of drug-likeness (QED) is 0.859. The van der Waals surface area contributed by atoms with Crippen molar-refractivity contribution in [3.63, 3.8) is 0 Å². The van der Waals surface area contributed by atoms with Crippen LogP contribution in [-0.2, 0) is 6.42 Å². The second kappa shape index (κ2) is 5.93. The van der Waals surface area contributed by atoms with Crippen LogP contribution in [0.1, 0.15) is 56.8 Å². The average Bonchev–Trinajstić information content (AvgIpc) is 2.45. The zero-order chi connectivity index (χ0) is 13.9. The highest BCUT2D eigenvalue weighted by atomic mass is 16.5. The molecule has 2 rings (SSSR count). The van der Waals surface area contributed by atoms with E-state index in [9.17, 15) is 10.2 Å². The molecule has 3 nitrogen and oxygen atoms in total. The molecule has 1 unspecified atom stereocenters. The standard InChI is InChI=1S/C16H24O3/c1-3-16(18,4-2)11-19-15-10-6-7-12-13(15)8-5-9-14(12)17/h6-7,10,14,17-18H,3-5,8-9,11H2,1-2H3. The molecule has 0 aromatic heterocycles. The number of aliphatic hydroxyl groups excluding tert-OH is 1. The maximum atomic E-state index is 10.3. The van der Waals surface area contributed by atoms with E-state index in [0.29, 0.717) is 19.4 Å². The van der Waals surface area contributed by atoms with Crippen LogP contribution in [0.25, 0.3) is 0 Å². The van der Waals surface area contributed by atoms with Gasteiger partial charge in [-0.1, -0.05) is 26.0 Å². The predicted octanol–water partition coefficient (Wildman–Crippen LogP) is 2.99. The van der Waals surface area contributed by atoms with Gasteiger partial charge in [0.15, 0.2) is 0 Å². The van der Waals surface area contributed by atoms with E-state index in [1.807, 2.05) is 32.0 Å². The highest BCUT2D eigenvalue weighted by molar-refractivity contribution is 5.42. The molecule has 0 bridgehead atoms. The fourth-order valence-corrected chi connectivity index (χ4v) is 2.59. The summed E-state index contributed by atoms with van der Waals surface area (Å²) in [5.41, 5.74) is 1.34. The lowest BCUT2D eigenvalue weighted by Gasteiger charge is -2.28. The fourth-order valence-electron chi connectivity index (χ4n) is 2.59. The fraction of sp³-hybridized carbons (Fsp3) is 0.625. The Bertz CT molecular complexity index is 424. The molecule has 19 heavy (non-hydrogen) atoms. The number of benzene rings is 1. The summed E-state index contributed by atoms with van der Waals surface area (Å²) in [6.07, 6.45) is 3.75. The summed E-state index contributed by atoms with van der Waals surface area (Å²) in [4.78, 5) is 0. The zero-order valence-corrected chi connectivity index (χ0v) is 11.9. The van der Waals surface area contributed by atoms with E-state index in [2.05, 4.69) is 0 Å². The first-order chi connectivity index (χ1) is 9.09. The van der Waals surface area contributed by atoms with Crippen LogP contribution in [0.5, 0.6) is 5.75 Å². The van der Waals surface area contributed by atoms with Gasteiger partial charge in [0.2, 0.25) is 0 Å². The Morgan fingerprint density at radius 1 is 1.32 bits per heavy atom. The van der Waals surface area contributed by atoms with Crippen LogP contribution >= 0.6 is 0 Å². The molecular formula is C16H24O3. The largest absolute Gasteiger partial charge is 0.490 e. The Morgan fingerprint density at radius 2 is 2.05 bits per heavy atom. The van der Waals surface area contributed by atoms with Gasteiger partial charge in [0.05, 0.1) is 11.7 Å². The number of fused-ring (bicyclic) bond motifs is 1. The normalized spacial score (nSPS) is 19.1. The Labute approximate surface area is 115 Å². The molecule has 1 atom stereocenters. The van der Waals surface area contributed by atoms with Crippen molar-refractivity contribution in [1.29, 1.82) is 0 Å². The van der Waals surface area contributed by atoms with Gasteiger partial charge >= 0.3 is 0 Å². The third kappa shape index (κ3) is 3.10. The van der Waals surface area contributed by atoms with Crippen LogP contribution in [0.15, 0.2) is 18.2 Å². The maximum Gasteiger partial charge on any atom is 0.123 e. The van der Waals surface area contributed by atoms with Crippen LogP contribution in [0, 0.1) is 0 Å². The van der Waals surface area contributed by atoms with Crippen molar-refractivity contribution in [3.8, 4) is 5.75 Å². The molecule has 2 N–H and O–H groups in total. The summed E-state index contributed by atoms with van der Waals surface area (Å²) in [6.45, 7) is 4.25. The Morgan fingerprint density at radius 3 is 2.74 bits per heavy atom. The first-order valence-electron chi connectivity index (χ1n) is 7.24. The minimum atomic E-state index is -0.754. The molecule has 3 heteroatoms. The Hall–Kier alpha value is -1.06. The van der Waals surface area contributed by atoms with Crippen molar-refractivity contribution in [2.45, 2.75) is 57.7 Å². The molecule has 0 saturated heterocycles. The number of aliphatic hydroxyl groups is 2. The number of ether oxygens (including phenoxy) is 1. The SMILES string of the molecule is CCC(O)(CC)COc1cccc2c1CCCC2O. The van der Waals surface area contributed by atoms with E-state index >= 15 is 0 Å². The molecule has 0 radical (unpaired) electrons. The summed E-state index contributed by atoms with van der Waals surface area (Å²) in [5.74, 6) is 0.816. The van der Waals surface area contributed by atoms with Crippen LogP contribution < -0.4 is 4.74 Å². The van der Waals surface area contributed by atoms with Crippen molar-refractivity contribution >= 4 is 0 Å². The highest BCUT2D eigenvalue weighted by Crippen LogP contribution is 2.35. The van der Waals surface area contributed by atoms with E-state index in [-0.39, 0.29) is 6.10 Å². The van der Waals surface area contributed by atoms with Gasteiger partial charge in [-0.25, -0.2) is 0 Å². The van der Waals surface area contributed by atoms with Gasteiger partial charge in [-0.05, 0) is 49.3 Å². The van der Waals surface area contributed by atoms with E-state index in [4.69, 9.17) is 4.74 Å². The third-order valence-corrected chi connectivity index (χ3v) is 4.25. The molecule has 0 spiro atoms. The summed E-state index contributed by atoms with van der Waals surface area (Å²) in [7, 11) is 0. The molecular weight excluding hydrogens is 240 g/mol. The van der Waals surface area contributed by atoms with Crippen molar-refractivity contribution in [2.24, 2.45) is 0 Å². The maximum absolute atomic E-state index is 10.3. The molecule has 1 aromatic rings. The van der Waals surface area contributed by atoms with Gasteiger partial charge in [0, 0.05) is 0 Å². The third-order valence-electron chi connectivity index (χ3n) is 4.25. The van der Waals surface area contributed by atoms with Gasteiger partial charge in [0.25, 0.3) is 0 Å². The van der Waals surface area contributed by atoms with Gasteiger partial charge in [0.1, 0.15) is 12.4 Å². The minimum Gasteiger partial charge on any atom is -0.490 e. The van der Waals surface area contributed by atoms with E-state index in [1.165, 1.54) is 0 Å². The summed E-state index contributed by atoms with van der Waals surface area (Å²) < 4.78 is 5.84. The van der Waals surface area contributed by atoms with E-state index < -0.39 is 5.60 Å². The molecule has 1 aromatic carbocycles.